The first-order chi connectivity index (χ1) is 9.02. The van der Waals surface area contributed by atoms with Gasteiger partial charge in [-0.25, -0.2) is 4.79 Å². The van der Waals surface area contributed by atoms with Gasteiger partial charge >= 0.3 is 5.97 Å². The van der Waals surface area contributed by atoms with Crippen LogP contribution >= 0.6 is 15.9 Å². The van der Waals surface area contributed by atoms with Crippen molar-refractivity contribution in [2.24, 2.45) is 0 Å². The van der Waals surface area contributed by atoms with Crippen LogP contribution in [0.5, 0.6) is 5.75 Å². The number of aliphatic hydroxyl groups excluding tert-OH is 1. The van der Waals surface area contributed by atoms with Gasteiger partial charge < -0.3 is 20.3 Å². The van der Waals surface area contributed by atoms with Gasteiger partial charge in [0.1, 0.15) is 11.8 Å². The van der Waals surface area contributed by atoms with E-state index in [0.29, 0.717) is 5.75 Å². The molecular weight excluding hydrogens is 318 g/mol. The number of carboxylic acid groups (broad SMARTS) is 1. The number of carboxylic acids is 1. The van der Waals surface area contributed by atoms with Crippen molar-refractivity contribution < 1.29 is 24.5 Å². The van der Waals surface area contributed by atoms with Crippen LogP contribution in [0, 0.1) is 0 Å². The Morgan fingerprint density at radius 2 is 2.16 bits per heavy atom. The minimum atomic E-state index is -1.19. The first kappa shape index (κ1) is 15.5. The van der Waals surface area contributed by atoms with Crippen LogP contribution < -0.4 is 10.1 Å². The predicted molar refractivity (Wildman–Crippen MR) is 70.9 cm³/mol. The summed E-state index contributed by atoms with van der Waals surface area (Å²) >= 11 is 3.26. The summed E-state index contributed by atoms with van der Waals surface area (Å²) in [5.74, 6) is -1.25. The van der Waals surface area contributed by atoms with Crippen LogP contribution in [0.4, 0.5) is 0 Å². The number of rotatable bonds is 7. The molecule has 1 aromatic carbocycles. The fraction of sp³-hybridized carbons (Fsp3) is 0.333. The van der Waals surface area contributed by atoms with E-state index in [2.05, 4.69) is 21.2 Å². The minimum Gasteiger partial charge on any atom is -0.484 e. The Hall–Kier alpha value is -1.60. The van der Waals surface area contributed by atoms with Gasteiger partial charge in [-0.1, -0.05) is 22.0 Å². The van der Waals surface area contributed by atoms with Crippen molar-refractivity contribution in [1.29, 1.82) is 0 Å². The minimum absolute atomic E-state index is 0.0437. The quantitative estimate of drug-likeness (QED) is 0.686. The molecule has 7 heteroatoms. The van der Waals surface area contributed by atoms with Crippen molar-refractivity contribution in [2.75, 3.05) is 13.2 Å². The lowest BCUT2D eigenvalue weighted by molar-refractivity contribution is -0.142. The normalized spacial score (nSPS) is 11.7. The van der Waals surface area contributed by atoms with E-state index in [0.717, 1.165) is 4.47 Å². The van der Waals surface area contributed by atoms with Crippen molar-refractivity contribution in [2.45, 2.75) is 12.5 Å². The number of carbonyl (C=O) groups is 2. The van der Waals surface area contributed by atoms with Crippen LogP contribution in [0.1, 0.15) is 6.42 Å². The number of aliphatic hydroxyl groups is 1. The van der Waals surface area contributed by atoms with Crippen molar-refractivity contribution in [3.8, 4) is 5.75 Å². The summed E-state index contributed by atoms with van der Waals surface area (Å²) in [6.45, 7) is -0.602. The number of amides is 1. The van der Waals surface area contributed by atoms with E-state index < -0.39 is 17.9 Å². The summed E-state index contributed by atoms with van der Waals surface area (Å²) < 4.78 is 6.02. The van der Waals surface area contributed by atoms with Crippen LogP contribution in [0.2, 0.25) is 0 Å². The van der Waals surface area contributed by atoms with Gasteiger partial charge in [0.15, 0.2) is 6.61 Å². The number of hydrogen-bond donors (Lipinski definition) is 3. The Bertz CT molecular complexity index is 452. The van der Waals surface area contributed by atoms with Crippen LogP contribution in [-0.2, 0) is 9.59 Å². The molecular formula is C12H14BrNO5. The summed E-state index contributed by atoms with van der Waals surface area (Å²) in [6.07, 6.45) is -0.0437. The molecule has 0 aliphatic carbocycles. The third-order valence-electron chi connectivity index (χ3n) is 2.22. The molecule has 3 N–H and O–H groups in total. The highest BCUT2D eigenvalue weighted by atomic mass is 79.9. The van der Waals surface area contributed by atoms with Crippen LogP contribution in [0.25, 0.3) is 0 Å². The third-order valence-corrected chi connectivity index (χ3v) is 2.71. The van der Waals surface area contributed by atoms with E-state index in [1.54, 1.807) is 18.2 Å². The molecule has 0 aliphatic heterocycles. The molecule has 0 bridgehead atoms. The smallest absolute Gasteiger partial charge is 0.326 e. The number of halogens is 1. The van der Waals surface area contributed by atoms with Gasteiger partial charge in [-0.3, -0.25) is 4.79 Å². The zero-order valence-electron chi connectivity index (χ0n) is 10.0. The number of benzene rings is 1. The highest BCUT2D eigenvalue weighted by Crippen LogP contribution is 2.17. The number of ether oxygens (including phenoxy) is 1. The SMILES string of the molecule is O=C(COc1cccc(Br)c1)N[C@@H](CCO)C(=O)O. The number of hydrogen-bond acceptors (Lipinski definition) is 4. The summed E-state index contributed by atoms with van der Waals surface area (Å²) in [4.78, 5) is 22.3. The molecule has 0 unspecified atom stereocenters. The Balaban J connectivity index is 2.44. The summed E-state index contributed by atoms with van der Waals surface area (Å²) in [5.41, 5.74) is 0. The van der Waals surface area contributed by atoms with Gasteiger partial charge in [-0.05, 0) is 18.2 Å². The number of carbonyl (C=O) groups excluding carboxylic acids is 1. The summed E-state index contributed by atoms with van der Waals surface area (Å²) in [6, 6.07) is 5.83. The molecule has 104 valence electrons. The maximum Gasteiger partial charge on any atom is 0.326 e. The van der Waals surface area contributed by atoms with Gasteiger partial charge in [0, 0.05) is 17.5 Å². The standard InChI is InChI=1S/C12H14BrNO5/c13-8-2-1-3-9(6-8)19-7-11(16)14-10(4-5-15)12(17)18/h1-3,6,10,15H,4-5,7H2,(H,14,16)(H,17,18)/t10-/m0/s1. The maximum atomic E-state index is 11.5. The third kappa shape index (κ3) is 5.71. The van der Waals surface area contributed by atoms with E-state index in [-0.39, 0.29) is 19.6 Å². The second-order valence-electron chi connectivity index (χ2n) is 3.72. The van der Waals surface area contributed by atoms with Crippen molar-refractivity contribution in [3.05, 3.63) is 28.7 Å². The summed E-state index contributed by atoms with van der Waals surface area (Å²) in [7, 11) is 0. The molecule has 1 aromatic rings. The predicted octanol–water partition coefficient (Wildman–Crippen LogP) is 0.780. The number of nitrogens with one attached hydrogen (secondary N) is 1. The van der Waals surface area contributed by atoms with Crippen LogP contribution in [0.3, 0.4) is 0 Å². The van der Waals surface area contributed by atoms with Gasteiger partial charge in [-0.15, -0.1) is 0 Å². The van der Waals surface area contributed by atoms with E-state index in [1.807, 2.05) is 6.07 Å². The molecule has 1 atom stereocenters. The number of aliphatic carboxylic acids is 1. The molecule has 0 fully saturated rings. The lowest BCUT2D eigenvalue weighted by atomic mass is 10.2. The lowest BCUT2D eigenvalue weighted by Crippen LogP contribution is -2.43. The molecule has 0 aliphatic rings. The molecule has 0 heterocycles. The van der Waals surface area contributed by atoms with Gasteiger partial charge in [-0.2, -0.15) is 0 Å². The average Bonchev–Trinajstić information content (AvgIpc) is 2.36. The van der Waals surface area contributed by atoms with Crippen LogP contribution in [0.15, 0.2) is 28.7 Å². The monoisotopic (exact) mass is 331 g/mol. The van der Waals surface area contributed by atoms with Gasteiger partial charge in [0.25, 0.3) is 5.91 Å². The van der Waals surface area contributed by atoms with Crippen molar-refractivity contribution in [3.63, 3.8) is 0 Å². The summed E-state index contributed by atoms with van der Waals surface area (Å²) in [5, 5.41) is 19.8. The maximum absolute atomic E-state index is 11.5. The molecule has 1 amide bonds. The zero-order chi connectivity index (χ0) is 14.3. The topological polar surface area (TPSA) is 95.9 Å². The molecule has 6 nitrogen and oxygen atoms in total. The first-order valence-corrected chi connectivity index (χ1v) is 6.33. The molecule has 1 rings (SSSR count). The second-order valence-corrected chi connectivity index (χ2v) is 4.63. The molecule has 0 spiro atoms. The van der Waals surface area contributed by atoms with Gasteiger partial charge in [0.2, 0.25) is 0 Å². The first-order valence-electron chi connectivity index (χ1n) is 5.54. The molecule has 0 aromatic heterocycles. The fourth-order valence-corrected chi connectivity index (χ4v) is 1.71. The van der Waals surface area contributed by atoms with Crippen LogP contribution in [-0.4, -0.2) is 41.3 Å². The lowest BCUT2D eigenvalue weighted by Gasteiger charge is -2.13. The second kappa shape index (κ2) is 7.75. The van der Waals surface area contributed by atoms with E-state index in [1.165, 1.54) is 0 Å². The van der Waals surface area contributed by atoms with E-state index in [9.17, 15) is 9.59 Å². The molecule has 0 saturated heterocycles. The Labute approximate surface area is 118 Å². The van der Waals surface area contributed by atoms with Gasteiger partial charge in [0.05, 0.1) is 0 Å². The fourth-order valence-electron chi connectivity index (χ4n) is 1.33. The molecule has 0 radical (unpaired) electrons. The van der Waals surface area contributed by atoms with E-state index in [4.69, 9.17) is 14.9 Å². The van der Waals surface area contributed by atoms with Crippen molar-refractivity contribution in [1.82, 2.24) is 5.32 Å². The highest BCUT2D eigenvalue weighted by molar-refractivity contribution is 9.10. The molecule has 0 saturated carbocycles. The highest BCUT2D eigenvalue weighted by Gasteiger charge is 2.19. The largest absolute Gasteiger partial charge is 0.484 e. The van der Waals surface area contributed by atoms with E-state index >= 15 is 0 Å². The van der Waals surface area contributed by atoms with Crippen molar-refractivity contribution >= 4 is 27.8 Å². The Kier molecular flexibility index (Phi) is 6.31. The Morgan fingerprint density at radius 3 is 2.74 bits per heavy atom. The Morgan fingerprint density at radius 1 is 1.42 bits per heavy atom. The molecule has 19 heavy (non-hydrogen) atoms. The zero-order valence-corrected chi connectivity index (χ0v) is 11.6. The average molecular weight is 332 g/mol.